The molecular formula is C13H32I2Zn. The first kappa shape index (κ1) is 30.8. The molecule has 0 rings (SSSR count). The molecule has 0 saturated carbocycles. The Hall–Kier alpha value is 2.08. The van der Waals surface area contributed by atoms with Crippen LogP contribution >= 0.6 is 37.2 Å². The van der Waals surface area contributed by atoms with Gasteiger partial charge in [0.1, 0.15) is 0 Å². The van der Waals surface area contributed by atoms with Crippen molar-refractivity contribution >= 4 is 37.2 Å². The molecule has 0 unspecified atom stereocenters. The van der Waals surface area contributed by atoms with Gasteiger partial charge in [0, 0.05) is 56.7 Å². The van der Waals surface area contributed by atoms with E-state index in [2.05, 4.69) is 78.8 Å². The van der Waals surface area contributed by atoms with Crippen LogP contribution in [0.3, 0.4) is 0 Å². The van der Waals surface area contributed by atoms with Crippen LogP contribution < -0.4 is 0 Å². The molecule has 0 fully saturated rings. The van der Waals surface area contributed by atoms with Crippen LogP contribution in [0.4, 0.5) is 0 Å². The molecule has 0 aromatic carbocycles. The van der Waals surface area contributed by atoms with E-state index in [0.717, 1.165) is 0 Å². The van der Waals surface area contributed by atoms with Crippen molar-refractivity contribution in [3.05, 3.63) is 0 Å². The molecule has 0 radical (unpaired) electrons. The van der Waals surface area contributed by atoms with Gasteiger partial charge in [-0.2, -0.15) is 0 Å². The molecule has 0 N–H and O–H groups in total. The van der Waals surface area contributed by atoms with Gasteiger partial charge in [0.2, 0.25) is 0 Å². The normalized spacial score (nSPS) is 6.75. The van der Waals surface area contributed by atoms with Crippen LogP contribution in [0.2, 0.25) is 0 Å². The zero-order valence-corrected chi connectivity index (χ0v) is 19.7. The first-order chi connectivity index (χ1) is 7.24. The number of rotatable bonds is 4. The Morgan fingerprint density at radius 1 is 0.562 bits per heavy atom. The van der Waals surface area contributed by atoms with Gasteiger partial charge < -0.3 is 0 Å². The van der Waals surface area contributed by atoms with Gasteiger partial charge in [-0.3, -0.25) is 0 Å². The third-order valence-electron chi connectivity index (χ3n) is 1.41. The smallest absolute Gasteiger partial charge is 0 e. The van der Waals surface area contributed by atoms with Crippen molar-refractivity contribution in [3.63, 3.8) is 0 Å². The molecule has 0 aliphatic heterocycles. The summed E-state index contributed by atoms with van der Waals surface area (Å²) in [6, 6.07) is 0. The van der Waals surface area contributed by atoms with Crippen LogP contribution in [0.1, 0.15) is 86.5 Å². The van der Waals surface area contributed by atoms with Crippen LogP contribution in [0, 0.1) is 0 Å². The van der Waals surface area contributed by atoms with E-state index in [9.17, 15) is 0 Å². The molecule has 0 nitrogen and oxygen atoms in total. The van der Waals surface area contributed by atoms with Crippen molar-refractivity contribution in [2.45, 2.75) is 86.5 Å². The average molecular weight is 508 g/mol. The maximum Gasteiger partial charge on any atom is 0 e. The third-order valence-corrected chi connectivity index (χ3v) is 1.41. The molecule has 0 aliphatic rings. The first-order valence-electron chi connectivity index (χ1n) is 6.39. The molecule has 0 atom stereocenters. The second-order valence-electron chi connectivity index (χ2n) is 3.41. The van der Waals surface area contributed by atoms with Crippen molar-refractivity contribution in [2.24, 2.45) is 0 Å². The Morgan fingerprint density at radius 2 is 0.688 bits per heavy atom. The largest absolute Gasteiger partial charge is 0.0656 e. The summed E-state index contributed by atoms with van der Waals surface area (Å²) in [7, 11) is 0. The molecule has 0 aliphatic carbocycles. The summed E-state index contributed by atoms with van der Waals surface area (Å²) in [6.45, 7) is 13.1. The topological polar surface area (TPSA) is 0 Å². The average Bonchev–Trinajstić information content (AvgIpc) is 2.25. The maximum atomic E-state index is 2.21. The van der Waals surface area contributed by atoms with Gasteiger partial charge in [-0.05, 0) is 0 Å². The van der Waals surface area contributed by atoms with E-state index < -0.39 is 0 Å². The molecule has 16 heavy (non-hydrogen) atoms. The summed E-state index contributed by atoms with van der Waals surface area (Å²) in [5.74, 6) is 0. The van der Waals surface area contributed by atoms with E-state index in [-0.39, 0.29) is 19.5 Å². The second kappa shape index (κ2) is 53.6. The summed E-state index contributed by atoms with van der Waals surface area (Å²) in [6.07, 6.45) is 9.40. The van der Waals surface area contributed by atoms with Crippen molar-refractivity contribution in [3.8, 4) is 0 Å². The Morgan fingerprint density at radius 3 is 0.688 bits per heavy atom. The van der Waals surface area contributed by atoms with Crippen LogP contribution in [-0.4, -0.2) is 0 Å². The van der Waals surface area contributed by atoms with E-state index >= 15 is 0 Å². The second-order valence-corrected chi connectivity index (χ2v) is 3.41. The zero-order valence-electron chi connectivity index (χ0n) is 12.4. The van der Waals surface area contributed by atoms with Crippen molar-refractivity contribution in [2.75, 3.05) is 0 Å². The van der Waals surface area contributed by atoms with Gasteiger partial charge >= 0.3 is 0 Å². The minimum absolute atomic E-state index is 0. The molecule has 0 amide bonds. The monoisotopic (exact) mass is 506 g/mol. The van der Waals surface area contributed by atoms with Crippen molar-refractivity contribution < 1.29 is 19.5 Å². The molecule has 0 bridgehead atoms. The summed E-state index contributed by atoms with van der Waals surface area (Å²) in [4.78, 5) is 0. The zero-order chi connectivity index (χ0) is 12.9. The number of hydrogen-bond donors (Lipinski definition) is 0. The molecule has 3 heteroatoms. The van der Waals surface area contributed by atoms with Crippen LogP contribution in [-0.2, 0) is 19.5 Å². The summed E-state index contributed by atoms with van der Waals surface area (Å²) in [5.41, 5.74) is 0. The van der Waals surface area contributed by atoms with Crippen molar-refractivity contribution in [1.29, 1.82) is 0 Å². The van der Waals surface area contributed by atoms with E-state index in [1.165, 1.54) is 44.9 Å². The quantitative estimate of drug-likeness (QED) is 0.272. The molecular weight excluding hydrogens is 475 g/mol. The molecule has 0 heterocycles. The summed E-state index contributed by atoms with van der Waals surface area (Å²) >= 11 is 4.24. The molecule has 0 spiro atoms. The maximum absolute atomic E-state index is 2.21. The number of hydrogen-bond acceptors (Lipinski definition) is 0. The van der Waals surface area contributed by atoms with E-state index in [1.54, 1.807) is 0 Å². The predicted octanol–water partition coefficient (Wildman–Crippen LogP) is 7.58. The van der Waals surface area contributed by atoms with Gasteiger partial charge in [-0.15, -0.1) is 0 Å². The first-order valence-corrected chi connectivity index (χ1v) is 12.7. The molecule has 0 aromatic rings. The Balaban J connectivity index is -0.0000000349. The van der Waals surface area contributed by atoms with Crippen LogP contribution in [0.25, 0.3) is 0 Å². The molecule has 0 aromatic heterocycles. The summed E-state index contributed by atoms with van der Waals surface area (Å²) in [5, 5.41) is 0. The standard InChI is InChI=1S/2C5H12.C3H8.I2.Zn/c2*1-3-5-4-2;1-3-2;1-2;/h2*3-5H2,1-2H3;3H2,1-2H3;;. The minimum Gasteiger partial charge on any atom is -0.0656 e. The van der Waals surface area contributed by atoms with E-state index in [4.69, 9.17) is 0 Å². The van der Waals surface area contributed by atoms with Gasteiger partial charge in [0.05, 0.1) is 0 Å². The molecule has 100 valence electrons. The fourth-order valence-corrected chi connectivity index (χ4v) is 0.707. The SMILES string of the molecule is CCC.CCCCC.CCCCC.II.[Zn]. The predicted molar refractivity (Wildman–Crippen MR) is 94.4 cm³/mol. The van der Waals surface area contributed by atoms with Gasteiger partial charge in [0.25, 0.3) is 0 Å². The Kier molecular flexibility index (Phi) is 103. The minimum atomic E-state index is 0. The Bertz CT molecular complexity index is 43.2. The van der Waals surface area contributed by atoms with E-state index in [0.29, 0.717) is 0 Å². The van der Waals surface area contributed by atoms with Crippen LogP contribution in [0.5, 0.6) is 0 Å². The fourth-order valence-electron chi connectivity index (χ4n) is 0.707. The van der Waals surface area contributed by atoms with Gasteiger partial charge in [0.15, 0.2) is 0 Å². The van der Waals surface area contributed by atoms with Gasteiger partial charge in [-0.25, -0.2) is 0 Å². The number of unbranched alkanes of at least 4 members (excludes halogenated alkanes) is 4. The number of halogens is 2. The van der Waals surface area contributed by atoms with Gasteiger partial charge in [-0.1, -0.05) is 86.5 Å². The molecule has 0 saturated heterocycles. The van der Waals surface area contributed by atoms with Crippen molar-refractivity contribution in [1.82, 2.24) is 0 Å². The van der Waals surface area contributed by atoms with E-state index in [1.807, 2.05) is 0 Å². The van der Waals surface area contributed by atoms with Crippen LogP contribution in [0.15, 0.2) is 0 Å². The Labute approximate surface area is 142 Å². The fraction of sp³-hybridized carbons (Fsp3) is 1.00. The summed E-state index contributed by atoms with van der Waals surface area (Å²) < 4.78 is 0. The third kappa shape index (κ3) is 98.9.